The van der Waals surface area contributed by atoms with Gasteiger partial charge in [0.15, 0.2) is 0 Å². The van der Waals surface area contributed by atoms with Crippen molar-refractivity contribution in [3.05, 3.63) is 11.6 Å². The Morgan fingerprint density at radius 1 is 1.09 bits per heavy atom. The number of rotatable bonds is 2. The van der Waals surface area contributed by atoms with Gasteiger partial charge in [0.2, 0.25) is 0 Å². The van der Waals surface area contributed by atoms with Crippen LogP contribution in [0.1, 0.15) is 34.6 Å². The van der Waals surface area contributed by atoms with Crippen LogP contribution in [0.15, 0.2) is 11.6 Å². The van der Waals surface area contributed by atoms with Crippen LogP contribution in [0.3, 0.4) is 0 Å². The van der Waals surface area contributed by atoms with Crippen molar-refractivity contribution in [2.45, 2.75) is 45.8 Å². The first-order chi connectivity index (χ1) is 4.63. The van der Waals surface area contributed by atoms with E-state index in [4.69, 9.17) is 0 Å². The molecule has 0 aromatic heterocycles. The average molecular weight is 158 g/mol. The molecule has 11 heavy (non-hydrogen) atoms. The topological polar surface area (TPSA) is 40.5 Å². The van der Waals surface area contributed by atoms with E-state index in [1.165, 1.54) is 0 Å². The summed E-state index contributed by atoms with van der Waals surface area (Å²) in [5.41, 5.74) is -0.894. The third-order valence-corrected chi connectivity index (χ3v) is 1.53. The van der Waals surface area contributed by atoms with Gasteiger partial charge in [0, 0.05) is 0 Å². The van der Waals surface area contributed by atoms with Gasteiger partial charge in [0.05, 0.1) is 11.2 Å². The summed E-state index contributed by atoms with van der Waals surface area (Å²) < 4.78 is 0. The van der Waals surface area contributed by atoms with E-state index >= 15 is 0 Å². The second-order valence-electron chi connectivity index (χ2n) is 4.04. The fraction of sp³-hybridized carbons (Fsp3) is 0.778. The summed E-state index contributed by atoms with van der Waals surface area (Å²) in [7, 11) is 0. The molecule has 0 unspecified atom stereocenters. The van der Waals surface area contributed by atoms with E-state index in [2.05, 4.69) is 0 Å². The molecule has 0 saturated carbocycles. The molecule has 0 radical (unpaired) electrons. The first kappa shape index (κ1) is 10.7. The highest BCUT2D eigenvalue weighted by Gasteiger charge is 2.18. The van der Waals surface area contributed by atoms with Gasteiger partial charge in [-0.15, -0.1) is 0 Å². The highest BCUT2D eigenvalue weighted by Crippen LogP contribution is 2.18. The maximum Gasteiger partial charge on any atom is 0.0799 e. The molecule has 66 valence electrons. The van der Waals surface area contributed by atoms with Gasteiger partial charge in [0.25, 0.3) is 0 Å². The van der Waals surface area contributed by atoms with Crippen molar-refractivity contribution in [3.63, 3.8) is 0 Å². The lowest BCUT2D eigenvalue weighted by atomic mass is 9.95. The summed E-state index contributed by atoms with van der Waals surface area (Å²) in [5.74, 6) is 0. The molecule has 0 aliphatic heterocycles. The Hall–Kier alpha value is -0.340. The SMILES string of the molecule is C/C(=C\C(C)(C)O)C(C)(C)O. The number of aliphatic hydroxyl groups is 2. The zero-order valence-electron chi connectivity index (χ0n) is 7.97. The summed E-state index contributed by atoms with van der Waals surface area (Å²) in [6.45, 7) is 8.57. The summed E-state index contributed by atoms with van der Waals surface area (Å²) in [4.78, 5) is 0. The standard InChI is InChI=1S/C9H18O2/c1-7(9(4,5)11)6-8(2,3)10/h6,10-11H,1-5H3/b7-6+. The molecule has 0 atom stereocenters. The fourth-order valence-corrected chi connectivity index (χ4v) is 0.706. The van der Waals surface area contributed by atoms with Crippen LogP contribution in [0.25, 0.3) is 0 Å². The van der Waals surface area contributed by atoms with Crippen molar-refractivity contribution in [3.8, 4) is 0 Å². The molecule has 2 nitrogen and oxygen atoms in total. The number of hydrogen-bond donors (Lipinski definition) is 2. The normalized spacial score (nSPS) is 15.4. The van der Waals surface area contributed by atoms with E-state index in [1.54, 1.807) is 40.7 Å². The third-order valence-electron chi connectivity index (χ3n) is 1.53. The Morgan fingerprint density at radius 3 is 1.55 bits per heavy atom. The van der Waals surface area contributed by atoms with Crippen LogP contribution in [0.2, 0.25) is 0 Å². The monoisotopic (exact) mass is 158 g/mol. The van der Waals surface area contributed by atoms with Gasteiger partial charge in [-0.1, -0.05) is 6.08 Å². The molecule has 0 rings (SSSR count). The van der Waals surface area contributed by atoms with Gasteiger partial charge < -0.3 is 10.2 Å². The minimum atomic E-state index is -0.843. The molecule has 0 aromatic carbocycles. The first-order valence-electron chi connectivity index (χ1n) is 3.77. The highest BCUT2D eigenvalue weighted by molar-refractivity contribution is 5.14. The van der Waals surface area contributed by atoms with Crippen molar-refractivity contribution in [1.82, 2.24) is 0 Å². The Kier molecular flexibility index (Phi) is 2.86. The van der Waals surface area contributed by atoms with Crippen molar-refractivity contribution in [1.29, 1.82) is 0 Å². The van der Waals surface area contributed by atoms with Crippen LogP contribution in [0, 0.1) is 0 Å². The van der Waals surface area contributed by atoms with Crippen LogP contribution in [0.5, 0.6) is 0 Å². The summed E-state index contributed by atoms with van der Waals surface area (Å²) in [6, 6.07) is 0. The molecule has 0 aromatic rings. The van der Waals surface area contributed by atoms with E-state index in [9.17, 15) is 10.2 Å². The van der Waals surface area contributed by atoms with Gasteiger partial charge in [-0.2, -0.15) is 0 Å². The Balaban J connectivity index is 4.49. The second-order valence-corrected chi connectivity index (χ2v) is 4.04. The Bertz CT molecular complexity index is 155. The third kappa shape index (κ3) is 4.99. The largest absolute Gasteiger partial charge is 0.386 e. The maximum absolute atomic E-state index is 9.47. The van der Waals surface area contributed by atoms with Gasteiger partial charge >= 0.3 is 0 Å². The summed E-state index contributed by atoms with van der Waals surface area (Å²) >= 11 is 0. The predicted molar refractivity (Wildman–Crippen MR) is 46.4 cm³/mol. The van der Waals surface area contributed by atoms with E-state index in [-0.39, 0.29) is 0 Å². The lowest BCUT2D eigenvalue weighted by molar-refractivity contribution is 0.104. The van der Waals surface area contributed by atoms with E-state index < -0.39 is 11.2 Å². The van der Waals surface area contributed by atoms with Crippen LogP contribution in [0.4, 0.5) is 0 Å². The van der Waals surface area contributed by atoms with E-state index in [0.717, 1.165) is 5.57 Å². The van der Waals surface area contributed by atoms with Crippen molar-refractivity contribution >= 4 is 0 Å². The van der Waals surface area contributed by atoms with Crippen LogP contribution < -0.4 is 0 Å². The minimum Gasteiger partial charge on any atom is -0.386 e. The number of hydrogen-bond acceptors (Lipinski definition) is 2. The lowest BCUT2D eigenvalue weighted by Gasteiger charge is -2.22. The molecule has 0 saturated heterocycles. The molecule has 0 heterocycles. The van der Waals surface area contributed by atoms with E-state index in [1.807, 2.05) is 0 Å². The van der Waals surface area contributed by atoms with Gasteiger partial charge in [-0.25, -0.2) is 0 Å². The Labute approximate surface area is 68.6 Å². The quantitative estimate of drug-likeness (QED) is 0.597. The van der Waals surface area contributed by atoms with Crippen molar-refractivity contribution in [2.24, 2.45) is 0 Å². The van der Waals surface area contributed by atoms with Crippen LogP contribution in [-0.4, -0.2) is 21.4 Å². The highest BCUT2D eigenvalue weighted by atomic mass is 16.3. The van der Waals surface area contributed by atoms with Crippen molar-refractivity contribution in [2.75, 3.05) is 0 Å². The van der Waals surface area contributed by atoms with Crippen LogP contribution in [-0.2, 0) is 0 Å². The van der Waals surface area contributed by atoms with Gasteiger partial charge in [0.1, 0.15) is 0 Å². The molecule has 0 fully saturated rings. The zero-order chi connectivity index (χ0) is 9.28. The van der Waals surface area contributed by atoms with Gasteiger partial charge in [-0.3, -0.25) is 0 Å². The molecule has 0 amide bonds. The fourth-order valence-electron chi connectivity index (χ4n) is 0.706. The first-order valence-corrected chi connectivity index (χ1v) is 3.77. The molecular weight excluding hydrogens is 140 g/mol. The molecule has 0 aliphatic carbocycles. The molecule has 0 aliphatic rings. The summed E-state index contributed by atoms with van der Waals surface area (Å²) in [6.07, 6.45) is 1.66. The molecule has 0 spiro atoms. The van der Waals surface area contributed by atoms with Gasteiger partial charge in [-0.05, 0) is 40.2 Å². The lowest BCUT2D eigenvalue weighted by Crippen LogP contribution is -2.24. The molecule has 2 heteroatoms. The Morgan fingerprint density at radius 2 is 1.45 bits per heavy atom. The molecule has 2 N–H and O–H groups in total. The second kappa shape index (κ2) is 2.95. The van der Waals surface area contributed by atoms with Crippen LogP contribution >= 0.6 is 0 Å². The van der Waals surface area contributed by atoms with Crippen molar-refractivity contribution < 1.29 is 10.2 Å². The summed E-state index contributed by atoms with van der Waals surface area (Å²) in [5, 5.41) is 18.8. The zero-order valence-corrected chi connectivity index (χ0v) is 7.97. The predicted octanol–water partition coefficient (Wildman–Crippen LogP) is 1.47. The minimum absolute atomic E-state index is 0.782. The molecule has 0 bridgehead atoms. The van der Waals surface area contributed by atoms with E-state index in [0.29, 0.717) is 0 Å². The molecular formula is C9H18O2. The maximum atomic E-state index is 9.47. The average Bonchev–Trinajstić information content (AvgIpc) is 1.56. The smallest absolute Gasteiger partial charge is 0.0799 e.